The van der Waals surface area contributed by atoms with Gasteiger partial charge in [0.05, 0.1) is 16.8 Å². The minimum atomic E-state index is -0.144. The Morgan fingerprint density at radius 1 is 1.15 bits per heavy atom. The number of carbonyl (C=O) groups is 1. The summed E-state index contributed by atoms with van der Waals surface area (Å²) in [6.45, 7) is 0. The Kier molecular flexibility index (Phi) is 5.00. The summed E-state index contributed by atoms with van der Waals surface area (Å²) in [5.41, 5.74) is 2.81. The lowest BCUT2D eigenvalue weighted by molar-refractivity contribution is -0.113. The zero-order valence-corrected chi connectivity index (χ0v) is 16.5. The van der Waals surface area contributed by atoms with Crippen LogP contribution in [0.5, 0.6) is 0 Å². The fourth-order valence-corrected chi connectivity index (χ4v) is 3.98. The fourth-order valence-electron chi connectivity index (χ4n) is 2.27. The van der Waals surface area contributed by atoms with Gasteiger partial charge < -0.3 is 4.98 Å². The van der Waals surface area contributed by atoms with Crippen LogP contribution in [0.15, 0.2) is 58.2 Å². The highest BCUT2D eigenvalue weighted by atomic mass is 79.9. The minimum absolute atomic E-state index is 0.144. The van der Waals surface area contributed by atoms with Gasteiger partial charge in [0, 0.05) is 10.0 Å². The van der Waals surface area contributed by atoms with E-state index in [1.165, 1.54) is 23.1 Å². The van der Waals surface area contributed by atoms with E-state index in [-0.39, 0.29) is 11.7 Å². The molecular formula is C17H12BrN5OS2. The number of aromatic nitrogens is 4. The molecule has 2 aromatic heterocycles. The van der Waals surface area contributed by atoms with E-state index in [0.717, 1.165) is 26.1 Å². The van der Waals surface area contributed by atoms with E-state index in [2.05, 4.69) is 41.4 Å². The van der Waals surface area contributed by atoms with Gasteiger partial charge in [-0.15, -0.1) is 10.2 Å². The third-order valence-electron chi connectivity index (χ3n) is 3.47. The molecule has 2 heterocycles. The quantitative estimate of drug-likeness (QED) is 0.439. The second-order valence-electron chi connectivity index (χ2n) is 5.32. The average Bonchev–Trinajstić information content (AvgIpc) is 3.27. The maximum absolute atomic E-state index is 12.2. The van der Waals surface area contributed by atoms with Gasteiger partial charge in [-0.3, -0.25) is 10.1 Å². The summed E-state index contributed by atoms with van der Waals surface area (Å²) in [5.74, 6) is 0.0986. The molecule has 2 N–H and O–H groups in total. The van der Waals surface area contributed by atoms with Gasteiger partial charge in [-0.25, -0.2) is 4.98 Å². The normalized spacial score (nSPS) is 11.0. The van der Waals surface area contributed by atoms with Crippen molar-refractivity contribution >= 4 is 61.1 Å². The lowest BCUT2D eigenvalue weighted by atomic mass is 10.2. The Balaban J connectivity index is 1.36. The molecule has 0 unspecified atom stereocenters. The van der Waals surface area contributed by atoms with E-state index in [0.29, 0.717) is 10.3 Å². The van der Waals surface area contributed by atoms with Crippen molar-refractivity contribution in [1.29, 1.82) is 0 Å². The first-order valence-corrected chi connectivity index (χ1v) is 10.2. The van der Waals surface area contributed by atoms with Crippen molar-refractivity contribution in [1.82, 2.24) is 20.2 Å². The molecule has 9 heteroatoms. The second kappa shape index (κ2) is 7.56. The smallest absolute Gasteiger partial charge is 0.236 e. The Bertz CT molecular complexity index is 1030. The van der Waals surface area contributed by atoms with Crippen LogP contribution in [0.25, 0.3) is 21.6 Å². The van der Waals surface area contributed by atoms with Crippen LogP contribution in [-0.2, 0) is 4.79 Å². The topological polar surface area (TPSA) is 83.6 Å². The van der Waals surface area contributed by atoms with Crippen LogP contribution in [-0.4, -0.2) is 31.8 Å². The zero-order chi connectivity index (χ0) is 17.9. The number of nitrogens with one attached hydrogen (secondary N) is 2. The molecule has 0 atom stereocenters. The number of H-pyrrole nitrogens is 1. The van der Waals surface area contributed by atoms with Crippen LogP contribution in [0.1, 0.15) is 0 Å². The van der Waals surface area contributed by atoms with Gasteiger partial charge in [-0.05, 0) is 24.3 Å². The van der Waals surface area contributed by atoms with E-state index in [9.17, 15) is 4.79 Å². The third-order valence-corrected chi connectivity index (χ3v) is 5.76. The predicted octanol–water partition coefficient (Wildman–Crippen LogP) is 4.57. The number of amides is 1. The van der Waals surface area contributed by atoms with E-state index >= 15 is 0 Å². The highest BCUT2D eigenvalue weighted by Gasteiger charge is 2.11. The SMILES string of the molecule is O=C(CSc1nc2ccccc2[nH]1)Nc1nnc(-c2ccc(Br)cc2)s1. The molecule has 0 aliphatic heterocycles. The van der Waals surface area contributed by atoms with Gasteiger partial charge in [0.1, 0.15) is 5.01 Å². The van der Waals surface area contributed by atoms with Crippen molar-refractivity contribution in [2.45, 2.75) is 5.16 Å². The predicted molar refractivity (Wildman–Crippen MR) is 108 cm³/mol. The number of carbonyl (C=O) groups excluding carboxylic acids is 1. The van der Waals surface area contributed by atoms with E-state index in [1.807, 2.05) is 48.5 Å². The highest BCUT2D eigenvalue weighted by Crippen LogP contribution is 2.27. The monoisotopic (exact) mass is 445 g/mol. The molecule has 4 rings (SSSR count). The molecule has 0 spiro atoms. The van der Waals surface area contributed by atoms with Crippen LogP contribution in [0, 0.1) is 0 Å². The maximum atomic E-state index is 12.2. The highest BCUT2D eigenvalue weighted by molar-refractivity contribution is 9.10. The number of benzene rings is 2. The van der Waals surface area contributed by atoms with Crippen LogP contribution in [0.3, 0.4) is 0 Å². The summed E-state index contributed by atoms with van der Waals surface area (Å²) < 4.78 is 1.00. The first-order chi connectivity index (χ1) is 12.7. The van der Waals surface area contributed by atoms with Crippen LogP contribution < -0.4 is 5.32 Å². The summed E-state index contributed by atoms with van der Waals surface area (Å²) in [5, 5.41) is 12.9. The molecule has 130 valence electrons. The summed E-state index contributed by atoms with van der Waals surface area (Å²) >= 11 is 6.10. The van der Waals surface area contributed by atoms with Crippen molar-refractivity contribution in [2.75, 3.05) is 11.1 Å². The van der Waals surface area contributed by atoms with Crippen molar-refractivity contribution in [2.24, 2.45) is 0 Å². The summed E-state index contributed by atoms with van der Waals surface area (Å²) in [6.07, 6.45) is 0. The standard InChI is InChI=1S/C17H12BrN5OS2/c18-11-7-5-10(6-8-11)15-22-23-17(26-15)21-14(24)9-25-16-19-12-3-1-2-4-13(12)20-16/h1-8H,9H2,(H,19,20)(H,21,23,24). The number of nitrogens with zero attached hydrogens (tertiary/aromatic N) is 3. The molecule has 0 saturated carbocycles. The fraction of sp³-hybridized carbons (Fsp3) is 0.0588. The number of halogens is 1. The molecule has 0 saturated heterocycles. The average molecular weight is 446 g/mol. The molecule has 0 radical (unpaired) electrons. The molecule has 1 amide bonds. The molecule has 26 heavy (non-hydrogen) atoms. The van der Waals surface area contributed by atoms with Crippen molar-refractivity contribution < 1.29 is 4.79 Å². The summed E-state index contributed by atoms with van der Waals surface area (Å²) in [4.78, 5) is 19.8. The number of anilines is 1. The van der Waals surface area contributed by atoms with Gasteiger partial charge >= 0.3 is 0 Å². The van der Waals surface area contributed by atoms with Gasteiger partial charge in [0.15, 0.2) is 5.16 Å². The molecule has 4 aromatic rings. The summed E-state index contributed by atoms with van der Waals surface area (Å²) in [6, 6.07) is 15.6. The number of rotatable bonds is 5. The molecule has 6 nitrogen and oxygen atoms in total. The number of hydrogen-bond donors (Lipinski definition) is 2. The molecule has 0 aliphatic carbocycles. The summed E-state index contributed by atoms with van der Waals surface area (Å²) in [7, 11) is 0. The molecule has 2 aromatic carbocycles. The molecule has 0 bridgehead atoms. The first kappa shape index (κ1) is 17.2. The number of imidazole rings is 1. The van der Waals surface area contributed by atoms with Crippen molar-refractivity contribution in [3.8, 4) is 10.6 Å². The Morgan fingerprint density at radius 3 is 2.77 bits per heavy atom. The van der Waals surface area contributed by atoms with Gasteiger partial charge in [0.25, 0.3) is 0 Å². The Morgan fingerprint density at radius 2 is 1.96 bits per heavy atom. The lowest BCUT2D eigenvalue weighted by Gasteiger charge is -1.99. The number of para-hydroxylation sites is 2. The third kappa shape index (κ3) is 3.95. The number of hydrogen-bond acceptors (Lipinski definition) is 6. The number of aromatic amines is 1. The molecule has 0 fully saturated rings. The van der Waals surface area contributed by atoms with Crippen LogP contribution in [0.2, 0.25) is 0 Å². The second-order valence-corrected chi connectivity index (χ2v) is 8.17. The largest absolute Gasteiger partial charge is 0.333 e. The molecular weight excluding hydrogens is 434 g/mol. The van der Waals surface area contributed by atoms with Crippen molar-refractivity contribution in [3.63, 3.8) is 0 Å². The first-order valence-electron chi connectivity index (χ1n) is 7.64. The number of fused-ring (bicyclic) bond motifs is 1. The van der Waals surface area contributed by atoms with E-state index in [1.54, 1.807) is 0 Å². The minimum Gasteiger partial charge on any atom is -0.333 e. The molecule has 0 aliphatic rings. The van der Waals surface area contributed by atoms with Crippen LogP contribution in [0.4, 0.5) is 5.13 Å². The number of thioether (sulfide) groups is 1. The Labute approximate surface area is 165 Å². The van der Waals surface area contributed by atoms with Crippen molar-refractivity contribution in [3.05, 3.63) is 53.0 Å². The van der Waals surface area contributed by atoms with Crippen LogP contribution >= 0.6 is 39.0 Å². The van der Waals surface area contributed by atoms with E-state index < -0.39 is 0 Å². The van der Waals surface area contributed by atoms with E-state index in [4.69, 9.17) is 0 Å². The van der Waals surface area contributed by atoms with Gasteiger partial charge in [-0.2, -0.15) is 0 Å². The van der Waals surface area contributed by atoms with Gasteiger partial charge in [-0.1, -0.05) is 63.3 Å². The maximum Gasteiger partial charge on any atom is 0.236 e. The van der Waals surface area contributed by atoms with Gasteiger partial charge in [0.2, 0.25) is 11.0 Å². The lowest BCUT2D eigenvalue weighted by Crippen LogP contribution is -2.13. The zero-order valence-electron chi connectivity index (χ0n) is 13.3. The Hall–Kier alpha value is -2.23.